The highest BCUT2D eigenvalue weighted by atomic mass is 16.5. The van der Waals surface area contributed by atoms with Gasteiger partial charge < -0.3 is 14.7 Å². The summed E-state index contributed by atoms with van der Waals surface area (Å²) in [5, 5.41) is 8.49. The summed E-state index contributed by atoms with van der Waals surface area (Å²) < 4.78 is 4.84. The highest BCUT2D eigenvalue weighted by Gasteiger charge is 2.22. The lowest BCUT2D eigenvalue weighted by Gasteiger charge is -2.06. The smallest absolute Gasteiger partial charge is 0.373 e. The largest absolute Gasteiger partial charge is 0.475 e. The third kappa shape index (κ3) is 0.920. The van der Waals surface area contributed by atoms with Crippen molar-refractivity contribution in [1.82, 2.24) is 4.90 Å². The number of hydrogen-bond acceptors (Lipinski definition) is 3. The molecule has 0 bridgehead atoms. The monoisotopic (exact) mass is 143 g/mol. The second kappa shape index (κ2) is 2.21. The number of carbonyl (C=O) groups is 1. The molecule has 4 heteroatoms. The Morgan fingerprint density at radius 1 is 1.80 bits per heavy atom. The molecule has 1 heterocycles. The van der Waals surface area contributed by atoms with Gasteiger partial charge in [0.15, 0.2) is 6.73 Å². The third-order valence-corrected chi connectivity index (χ3v) is 1.50. The van der Waals surface area contributed by atoms with Crippen molar-refractivity contribution >= 4 is 5.97 Å². The predicted molar refractivity (Wildman–Crippen MR) is 34.1 cm³/mol. The molecule has 4 nitrogen and oxygen atoms in total. The Kier molecular flexibility index (Phi) is 1.53. The van der Waals surface area contributed by atoms with Crippen molar-refractivity contribution in [2.75, 3.05) is 13.8 Å². The van der Waals surface area contributed by atoms with Crippen molar-refractivity contribution in [2.45, 2.75) is 6.92 Å². The fraction of sp³-hybridized carbons (Fsp3) is 0.500. The Balaban J connectivity index is 2.85. The summed E-state index contributed by atoms with van der Waals surface area (Å²) in [7, 11) is 1.78. The summed E-state index contributed by atoms with van der Waals surface area (Å²) in [4.78, 5) is 12.1. The summed E-state index contributed by atoms with van der Waals surface area (Å²) in [6, 6.07) is 0. The van der Waals surface area contributed by atoms with Crippen LogP contribution in [-0.4, -0.2) is 29.8 Å². The van der Waals surface area contributed by atoms with Gasteiger partial charge in [0.1, 0.15) is 0 Å². The first-order valence-electron chi connectivity index (χ1n) is 2.91. The molecule has 1 N–H and O–H groups in total. The fourth-order valence-electron chi connectivity index (χ4n) is 0.752. The second-order valence-electron chi connectivity index (χ2n) is 2.19. The lowest BCUT2D eigenvalue weighted by Crippen LogP contribution is -2.11. The molecule has 0 unspecified atom stereocenters. The number of carboxylic acids is 1. The van der Waals surface area contributed by atoms with Crippen molar-refractivity contribution in [2.24, 2.45) is 0 Å². The van der Waals surface area contributed by atoms with Crippen LogP contribution in [0.4, 0.5) is 0 Å². The van der Waals surface area contributed by atoms with Gasteiger partial charge in [-0.25, -0.2) is 4.79 Å². The quantitative estimate of drug-likeness (QED) is 0.570. The molecule has 0 fully saturated rings. The van der Waals surface area contributed by atoms with Crippen LogP contribution >= 0.6 is 0 Å². The summed E-state index contributed by atoms with van der Waals surface area (Å²) in [6.45, 7) is 2.06. The molecule has 0 aliphatic carbocycles. The minimum atomic E-state index is -0.998. The van der Waals surface area contributed by atoms with Crippen LogP contribution in [0.3, 0.4) is 0 Å². The van der Waals surface area contributed by atoms with E-state index in [0.29, 0.717) is 12.4 Å². The number of allylic oxidation sites excluding steroid dienone is 1. The van der Waals surface area contributed by atoms with Gasteiger partial charge in [-0.3, -0.25) is 0 Å². The maximum Gasteiger partial charge on any atom is 0.373 e. The lowest BCUT2D eigenvalue weighted by atomic mass is 10.4. The van der Waals surface area contributed by atoms with Crippen LogP contribution < -0.4 is 0 Å². The van der Waals surface area contributed by atoms with E-state index in [1.807, 2.05) is 0 Å². The number of carboxylic acid groups (broad SMARTS) is 1. The molecule has 10 heavy (non-hydrogen) atoms. The highest BCUT2D eigenvalue weighted by Crippen LogP contribution is 2.16. The van der Waals surface area contributed by atoms with Crippen LogP contribution in [0, 0.1) is 0 Å². The van der Waals surface area contributed by atoms with Gasteiger partial charge in [-0.05, 0) is 6.92 Å². The molecular formula is C6H9NO3. The zero-order chi connectivity index (χ0) is 7.72. The third-order valence-electron chi connectivity index (χ3n) is 1.50. The summed E-state index contributed by atoms with van der Waals surface area (Å²) in [6.07, 6.45) is 0. The van der Waals surface area contributed by atoms with Gasteiger partial charge in [0.25, 0.3) is 0 Å². The second-order valence-corrected chi connectivity index (χ2v) is 2.19. The maximum atomic E-state index is 10.3. The molecule has 0 atom stereocenters. The first-order chi connectivity index (χ1) is 4.63. The number of aliphatic carboxylic acids is 1. The Bertz CT molecular complexity index is 197. The summed E-state index contributed by atoms with van der Waals surface area (Å²) in [5.74, 6) is -0.940. The Morgan fingerprint density at radius 2 is 2.40 bits per heavy atom. The van der Waals surface area contributed by atoms with E-state index < -0.39 is 5.97 Å². The van der Waals surface area contributed by atoms with Gasteiger partial charge in [0.2, 0.25) is 5.76 Å². The van der Waals surface area contributed by atoms with Gasteiger partial charge in [0.05, 0.1) is 5.70 Å². The van der Waals surface area contributed by atoms with E-state index in [1.54, 1.807) is 18.9 Å². The van der Waals surface area contributed by atoms with Gasteiger partial charge >= 0.3 is 5.97 Å². The molecule has 0 aromatic rings. The first kappa shape index (κ1) is 6.92. The molecule has 0 aromatic carbocycles. The Hall–Kier alpha value is -1.19. The van der Waals surface area contributed by atoms with E-state index >= 15 is 0 Å². The molecule has 0 spiro atoms. The van der Waals surface area contributed by atoms with Gasteiger partial charge in [-0.1, -0.05) is 0 Å². The summed E-state index contributed by atoms with van der Waals surface area (Å²) in [5.41, 5.74) is 0.674. The number of nitrogens with zero attached hydrogens (tertiary/aromatic N) is 1. The van der Waals surface area contributed by atoms with Crippen LogP contribution in [-0.2, 0) is 9.53 Å². The number of hydrogen-bond donors (Lipinski definition) is 1. The van der Waals surface area contributed by atoms with Crippen molar-refractivity contribution < 1.29 is 14.6 Å². The zero-order valence-electron chi connectivity index (χ0n) is 5.92. The van der Waals surface area contributed by atoms with E-state index in [-0.39, 0.29) is 5.76 Å². The molecule has 1 rings (SSSR count). The SMILES string of the molecule is CC1=C(C(=O)O)OCN1C. The Labute approximate surface area is 58.7 Å². The summed E-state index contributed by atoms with van der Waals surface area (Å²) >= 11 is 0. The van der Waals surface area contributed by atoms with Crippen LogP contribution in [0.5, 0.6) is 0 Å². The predicted octanol–water partition coefficient (Wildman–Crippen LogP) is 0.222. The number of ether oxygens (including phenoxy) is 1. The van der Waals surface area contributed by atoms with E-state index in [0.717, 1.165) is 0 Å². The van der Waals surface area contributed by atoms with Crippen molar-refractivity contribution in [3.63, 3.8) is 0 Å². The highest BCUT2D eigenvalue weighted by molar-refractivity contribution is 5.85. The van der Waals surface area contributed by atoms with E-state index in [1.165, 1.54) is 0 Å². The van der Waals surface area contributed by atoms with Gasteiger partial charge in [-0.15, -0.1) is 0 Å². The molecular weight excluding hydrogens is 134 g/mol. The van der Waals surface area contributed by atoms with Crippen LogP contribution in [0.15, 0.2) is 11.5 Å². The topological polar surface area (TPSA) is 49.8 Å². The fourth-order valence-corrected chi connectivity index (χ4v) is 0.752. The maximum absolute atomic E-state index is 10.3. The minimum absolute atomic E-state index is 0.0579. The van der Waals surface area contributed by atoms with Crippen LogP contribution in [0.2, 0.25) is 0 Å². The van der Waals surface area contributed by atoms with E-state index in [4.69, 9.17) is 9.84 Å². The van der Waals surface area contributed by atoms with Crippen molar-refractivity contribution in [3.8, 4) is 0 Å². The molecule has 0 radical (unpaired) electrons. The molecule has 0 saturated heterocycles. The minimum Gasteiger partial charge on any atom is -0.475 e. The first-order valence-corrected chi connectivity index (χ1v) is 2.91. The molecule has 0 aromatic heterocycles. The molecule has 56 valence electrons. The normalized spacial score (nSPS) is 17.6. The number of rotatable bonds is 1. The average Bonchev–Trinajstić information content (AvgIpc) is 2.14. The standard InChI is InChI=1S/C6H9NO3/c1-4-5(6(8)9)10-3-7(4)2/h3H2,1-2H3,(H,8,9). The van der Waals surface area contributed by atoms with E-state index in [9.17, 15) is 4.79 Å². The van der Waals surface area contributed by atoms with Crippen LogP contribution in [0.25, 0.3) is 0 Å². The molecule has 1 aliphatic rings. The average molecular weight is 143 g/mol. The van der Waals surface area contributed by atoms with Crippen molar-refractivity contribution in [1.29, 1.82) is 0 Å². The van der Waals surface area contributed by atoms with Gasteiger partial charge in [0, 0.05) is 7.05 Å². The van der Waals surface area contributed by atoms with Gasteiger partial charge in [-0.2, -0.15) is 0 Å². The molecule has 0 amide bonds. The Morgan fingerprint density at radius 3 is 2.60 bits per heavy atom. The van der Waals surface area contributed by atoms with Crippen molar-refractivity contribution in [3.05, 3.63) is 11.5 Å². The van der Waals surface area contributed by atoms with Crippen LogP contribution in [0.1, 0.15) is 6.92 Å². The van der Waals surface area contributed by atoms with E-state index in [2.05, 4.69) is 0 Å². The molecule has 0 saturated carbocycles. The lowest BCUT2D eigenvalue weighted by molar-refractivity contribution is -0.136. The molecule has 1 aliphatic heterocycles. The zero-order valence-corrected chi connectivity index (χ0v) is 5.92.